The average molecular weight is 266 g/mol. The van der Waals surface area contributed by atoms with Crippen molar-refractivity contribution in [1.29, 1.82) is 0 Å². The maximum atomic E-state index is 9.59. The summed E-state index contributed by atoms with van der Waals surface area (Å²) >= 11 is 0. The molecule has 19 heavy (non-hydrogen) atoms. The summed E-state index contributed by atoms with van der Waals surface area (Å²) in [4.78, 5) is 0. The summed E-state index contributed by atoms with van der Waals surface area (Å²) in [6.45, 7) is 2.12. The van der Waals surface area contributed by atoms with Crippen LogP contribution in [0.4, 0.5) is 0 Å². The van der Waals surface area contributed by atoms with Gasteiger partial charge in [0.05, 0.1) is 24.9 Å². The van der Waals surface area contributed by atoms with E-state index < -0.39 is 5.41 Å². The van der Waals surface area contributed by atoms with Gasteiger partial charge >= 0.3 is 0 Å². The molecule has 0 amide bonds. The summed E-state index contributed by atoms with van der Waals surface area (Å²) in [5.41, 5.74) is 0.576. The number of aliphatic hydroxyl groups excluding tert-OH is 2. The van der Waals surface area contributed by atoms with Crippen LogP contribution in [0.15, 0.2) is 12.3 Å². The second-order valence-electron chi connectivity index (χ2n) is 5.97. The minimum Gasteiger partial charge on any atom is -0.396 e. The molecule has 0 spiro atoms. The molecule has 0 aromatic carbocycles. The Balaban J connectivity index is 2.04. The van der Waals surface area contributed by atoms with Gasteiger partial charge < -0.3 is 10.2 Å². The molecule has 2 rings (SSSR count). The van der Waals surface area contributed by atoms with Crippen LogP contribution in [-0.2, 0) is 6.42 Å². The fourth-order valence-electron chi connectivity index (χ4n) is 3.17. The molecule has 4 heteroatoms. The van der Waals surface area contributed by atoms with E-state index in [0.717, 1.165) is 18.5 Å². The quantitative estimate of drug-likeness (QED) is 0.796. The van der Waals surface area contributed by atoms with Gasteiger partial charge in [0.1, 0.15) is 0 Å². The molecule has 0 saturated heterocycles. The van der Waals surface area contributed by atoms with Crippen LogP contribution in [0.2, 0.25) is 0 Å². The molecular formula is C15H26N2O2. The van der Waals surface area contributed by atoms with E-state index in [9.17, 15) is 10.2 Å². The third kappa shape index (κ3) is 3.37. The summed E-state index contributed by atoms with van der Waals surface area (Å²) in [5.74, 6) is 0. The second kappa shape index (κ2) is 6.53. The second-order valence-corrected chi connectivity index (χ2v) is 5.97. The zero-order valence-corrected chi connectivity index (χ0v) is 11.9. The van der Waals surface area contributed by atoms with E-state index >= 15 is 0 Å². The monoisotopic (exact) mass is 266 g/mol. The number of rotatable bonds is 7. The molecule has 0 radical (unpaired) electrons. The lowest BCUT2D eigenvalue weighted by Crippen LogP contribution is -2.32. The molecule has 2 N–H and O–H groups in total. The first-order valence-corrected chi connectivity index (χ1v) is 7.49. The number of hydrogen-bond donors (Lipinski definition) is 2. The SMILES string of the molecule is CCCC(CO)(CO)Cc1ccn(C2CCCC2)n1. The summed E-state index contributed by atoms with van der Waals surface area (Å²) in [6.07, 6.45) is 9.55. The third-order valence-corrected chi connectivity index (χ3v) is 4.37. The minimum atomic E-state index is -0.413. The molecule has 1 aromatic heterocycles. The lowest BCUT2D eigenvalue weighted by Gasteiger charge is -2.28. The van der Waals surface area contributed by atoms with Crippen molar-refractivity contribution in [3.05, 3.63) is 18.0 Å². The Labute approximate surface area is 115 Å². The van der Waals surface area contributed by atoms with Gasteiger partial charge in [-0.15, -0.1) is 0 Å². The molecule has 0 atom stereocenters. The van der Waals surface area contributed by atoms with Gasteiger partial charge in [-0.3, -0.25) is 4.68 Å². The third-order valence-electron chi connectivity index (χ3n) is 4.37. The first-order chi connectivity index (χ1) is 9.23. The van der Waals surface area contributed by atoms with Gasteiger partial charge in [0, 0.05) is 18.0 Å². The van der Waals surface area contributed by atoms with Crippen LogP contribution in [0.3, 0.4) is 0 Å². The van der Waals surface area contributed by atoms with Gasteiger partial charge in [-0.25, -0.2) is 0 Å². The average Bonchev–Trinajstić information content (AvgIpc) is 3.08. The van der Waals surface area contributed by atoms with E-state index in [0.29, 0.717) is 12.5 Å². The molecule has 1 aliphatic rings. The Hall–Kier alpha value is -0.870. The van der Waals surface area contributed by atoms with Crippen molar-refractivity contribution in [3.63, 3.8) is 0 Å². The van der Waals surface area contributed by atoms with Crippen LogP contribution in [0.1, 0.15) is 57.2 Å². The van der Waals surface area contributed by atoms with E-state index in [1.807, 2.05) is 6.07 Å². The fourth-order valence-corrected chi connectivity index (χ4v) is 3.17. The first kappa shape index (κ1) is 14.5. The van der Waals surface area contributed by atoms with Gasteiger partial charge in [-0.1, -0.05) is 26.2 Å². The summed E-state index contributed by atoms with van der Waals surface area (Å²) < 4.78 is 2.08. The number of aliphatic hydroxyl groups is 2. The van der Waals surface area contributed by atoms with Crippen molar-refractivity contribution >= 4 is 0 Å². The Bertz CT molecular complexity index is 379. The standard InChI is InChI=1S/C15H26N2O2/c1-2-8-15(11-18,12-19)10-13-7-9-17(16-13)14-5-3-4-6-14/h7,9,14,18-19H,2-6,8,10-12H2,1H3. The molecule has 4 nitrogen and oxygen atoms in total. The van der Waals surface area contributed by atoms with Crippen LogP contribution in [0.25, 0.3) is 0 Å². The predicted molar refractivity (Wildman–Crippen MR) is 74.9 cm³/mol. The van der Waals surface area contributed by atoms with E-state index in [1.165, 1.54) is 25.7 Å². The highest BCUT2D eigenvalue weighted by Gasteiger charge is 2.29. The molecule has 1 aromatic rings. The van der Waals surface area contributed by atoms with Gasteiger partial charge in [-0.2, -0.15) is 5.10 Å². The summed E-state index contributed by atoms with van der Waals surface area (Å²) in [6, 6.07) is 2.59. The Morgan fingerprint density at radius 1 is 1.32 bits per heavy atom. The highest BCUT2D eigenvalue weighted by Crippen LogP contribution is 2.30. The minimum absolute atomic E-state index is 0.0215. The lowest BCUT2D eigenvalue weighted by molar-refractivity contribution is 0.0456. The predicted octanol–water partition coefficient (Wildman–Crippen LogP) is 2.31. The number of aromatic nitrogens is 2. The Morgan fingerprint density at radius 2 is 2.00 bits per heavy atom. The number of nitrogens with zero attached hydrogens (tertiary/aromatic N) is 2. The van der Waals surface area contributed by atoms with Gasteiger partial charge in [0.2, 0.25) is 0 Å². The molecule has 1 fully saturated rings. The van der Waals surface area contributed by atoms with Crippen molar-refractivity contribution in [2.24, 2.45) is 5.41 Å². The van der Waals surface area contributed by atoms with Crippen LogP contribution in [-0.4, -0.2) is 33.2 Å². The zero-order chi connectivity index (χ0) is 13.7. The van der Waals surface area contributed by atoms with E-state index in [-0.39, 0.29) is 13.2 Å². The summed E-state index contributed by atoms with van der Waals surface area (Å²) in [5, 5.41) is 23.8. The lowest BCUT2D eigenvalue weighted by atomic mass is 9.81. The van der Waals surface area contributed by atoms with Crippen LogP contribution in [0.5, 0.6) is 0 Å². The maximum absolute atomic E-state index is 9.59. The van der Waals surface area contributed by atoms with Gasteiger partial charge in [0.25, 0.3) is 0 Å². The van der Waals surface area contributed by atoms with Crippen LogP contribution in [0, 0.1) is 5.41 Å². The maximum Gasteiger partial charge on any atom is 0.0632 e. The van der Waals surface area contributed by atoms with E-state index in [4.69, 9.17) is 0 Å². The molecule has 108 valence electrons. The molecular weight excluding hydrogens is 240 g/mol. The van der Waals surface area contributed by atoms with Crippen molar-refractivity contribution in [2.45, 2.75) is 57.9 Å². The molecule has 0 bridgehead atoms. The van der Waals surface area contributed by atoms with E-state index in [2.05, 4.69) is 22.9 Å². The van der Waals surface area contributed by atoms with Crippen LogP contribution < -0.4 is 0 Å². The fraction of sp³-hybridized carbons (Fsp3) is 0.800. The normalized spacial score (nSPS) is 17.2. The Morgan fingerprint density at radius 3 is 2.58 bits per heavy atom. The number of hydrogen-bond acceptors (Lipinski definition) is 3. The highest BCUT2D eigenvalue weighted by atomic mass is 16.3. The molecule has 1 aliphatic carbocycles. The van der Waals surface area contributed by atoms with Crippen molar-refractivity contribution in [1.82, 2.24) is 9.78 Å². The smallest absolute Gasteiger partial charge is 0.0632 e. The van der Waals surface area contributed by atoms with Gasteiger partial charge in [-0.05, 0) is 25.3 Å². The van der Waals surface area contributed by atoms with Crippen molar-refractivity contribution < 1.29 is 10.2 Å². The molecule has 0 unspecified atom stereocenters. The largest absolute Gasteiger partial charge is 0.396 e. The van der Waals surface area contributed by atoms with Crippen molar-refractivity contribution in [2.75, 3.05) is 13.2 Å². The molecule has 0 aliphatic heterocycles. The van der Waals surface area contributed by atoms with Crippen LogP contribution >= 0.6 is 0 Å². The van der Waals surface area contributed by atoms with Crippen molar-refractivity contribution in [3.8, 4) is 0 Å². The summed E-state index contributed by atoms with van der Waals surface area (Å²) in [7, 11) is 0. The highest BCUT2D eigenvalue weighted by molar-refractivity contribution is 5.04. The molecule has 1 heterocycles. The van der Waals surface area contributed by atoms with E-state index in [1.54, 1.807) is 0 Å². The Kier molecular flexibility index (Phi) is 4.99. The topological polar surface area (TPSA) is 58.3 Å². The first-order valence-electron chi connectivity index (χ1n) is 7.49. The van der Waals surface area contributed by atoms with Gasteiger partial charge in [0.15, 0.2) is 0 Å². The zero-order valence-electron chi connectivity index (χ0n) is 11.9. The molecule has 1 saturated carbocycles.